The molecule has 0 heterocycles. The number of urea groups is 1. The molecule has 0 aromatic heterocycles. The first-order chi connectivity index (χ1) is 11.0. The van der Waals surface area contributed by atoms with E-state index >= 15 is 0 Å². The number of nitrogens with one attached hydrogen (secondary N) is 1. The quantitative estimate of drug-likeness (QED) is 0.881. The zero-order chi connectivity index (χ0) is 16.8. The molecule has 0 bridgehead atoms. The van der Waals surface area contributed by atoms with Gasteiger partial charge >= 0.3 is 6.03 Å². The van der Waals surface area contributed by atoms with E-state index < -0.39 is 0 Å². The average molecular weight is 316 g/mol. The lowest BCUT2D eigenvalue weighted by molar-refractivity contribution is 0.182. The van der Waals surface area contributed by atoms with Crippen LogP contribution in [0.2, 0.25) is 0 Å². The van der Waals surface area contributed by atoms with E-state index in [0.717, 1.165) is 5.56 Å². The Kier molecular flexibility index (Phi) is 5.57. The standard InChI is InChI=1S/C18H21FN2O2/c1-3-21(13(2)14-8-6-9-16(22)11-14)18(23)20-12-15-7-4-5-10-17(15)19/h4-11,13,22H,3,12H2,1-2H3,(H,20,23). The minimum absolute atomic E-state index is 0.134. The van der Waals surface area contributed by atoms with E-state index in [0.29, 0.717) is 12.1 Å². The Balaban J connectivity index is 2.05. The van der Waals surface area contributed by atoms with Gasteiger partial charge in [-0.15, -0.1) is 0 Å². The predicted octanol–water partition coefficient (Wildman–Crippen LogP) is 3.82. The van der Waals surface area contributed by atoms with Gasteiger partial charge in [-0.3, -0.25) is 0 Å². The molecule has 1 atom stereocenters. The minimum atomic E-state index is -0.336. The summed E-state index contributed by atoms with van der Waals surface area (Å²) in [6.45, 7) is 4.40. The summed E-state index contributed by atoms with van der Waals surface area (Å²) in [5.74, 6) is -0.172. The van der Waals surface area contributed by atoms with Crippen molar-refractivity contribution in [3.63, 3.8) is 0 Å². The van der Waals surface area contributed by atoms with E-state index in [1.807, 2.05) is 19.9 Å². The highest BCUT2D eigenvalue weighted by Gasteiger charge is 2.20. The molecular weight excluding hydrogens is 295 g/mol. The van der Waals surface area contributed by atoms with Crippen molar-refractivity contribution >= 4 is 6.03 Å². The van der Waals surface area contributed by atoms with Crippen LogP contribution >= 0.6 is 0 Å². The van der Waals surface area contributed by atoms with Gasteiger partial charge in [0.25, 0.3) is 0 Å². The van der Waals surface area contributed by atoms with Gasteiger partial charge in [-0.2, -0.15) is 0 Å². The maximum absolute atomic E-state index is 13.6. The monoisotopic (exact) mass is 316 g/mol. The van der Waals surface area contributed by atoms with Crippen LogP contribution in [0.25, 0.3) is 0 Å². The molecular formula is C18H21FN2O2. The summed E-state index contributed by atoms with van der Waals surface area (Å²) in [4.78, 5) is 14.0. The molecule has 23 heavy (non-hydrogen) atoms. The number of amides is 2. The van der Waals surface area contributed by atoms with Gasteiger partial charge in [-0.05, 0) is 37.6 Å². The number of nitrogens with zero attached hydrogens (tertiary/aromatic N) is 1. The van der Waals surface area contributed by atoms with Crippen LogP contribution in [0.5, 0.6) is 5.75 Å². The Hall–Kier alpha value is -2.56. The molecule has 0 aliphatic rings. The normalized spacial score (nSPS) is 11.8. The first-order valence-corrected chi connectivity index (χ1v) is 7.59. The molecule has 2 N–H and O–H groups in total. The number of aromatic hydroxyl groups is 1. The van der Waals surface area contributed by atoms with E-state index in [1.54, 1.807) is 41.3 Å². The SMILES string of the molecule is CCN(C(=O)NCc1ccccc1F)C(C)c1cccc(O)c1. The van der Waals surface area contributed by atoms with E-state index in [-0.39, 0.29) is 30.2 Å². The van der Waals surface area contributed by atoms with E-state index in [1.165, 1.54) is 6.07 Å². The van der Waals surface area contributed by atoms with Crippen LogP contribution in [-0.2, 0) is 6.54 Å². The van der Waals surface area contributed by atoms with E-state index in [9.17, 15) is 14.3 Å². The van der Waals surface area contributed by atoms with Crippen molar-refractivity contribution in [3.8, 4) is 5.75 Å². The topological polar surface area (TPSA) is 52.6 Å². The Morgan fingerprint density at radius 3 is 2.65 bits per heavy atom. The Morgan fingerprint density at radius 1 is 1.26 bits per heavy atom. The van der Waals surface area contributed by atoms with Gasteiger partial charge in [0.15, 0.2) is 0 Å². The Morgan fingerprint density at radius 2 is 2.00 bits per heavy atom. The van der Waals surface area contributed by atoms with Gasteiger partial charge in [-0.1, -0.05) is 30.3 Å². The molecule has 0 aliphatic carbocycles. The van der Waals surface area contributed by atoms with Crippen LogP contribution in [0.1, 0.15) is 31.0 Å². The largest absolute Gasteiger partial charge is 0.508 e. The van der Waals surface area contributed by atoms with Gasteiger partial charge < -0.3 is 15.3 Å². The molecule has 0 saturated carbocycles. The molecule has 5 heteroatoms. The zero-order valence-corrected chi connectivity index (χ0v) is 13.3. The number of halogens is 1. The van der Waals surface area contributed by atoms with Crippen LogP contribution in [0.3, 0.4) is 0 Å². The molecule has 0 aliphatic heterocycles. The molecule has 2 amide bonds. The second-order valence-corrected chi connectivity index (χ2v) is 5.31. The first kappa shape index (κ1) is 16.8. The maximum atomic E-state index is 13.6. The number of phenolic OH excluding ortho intramolecular Hbond substituents is 1. The molecule has 1 unspecified atom stereocenters. The highest BCUT2D eigenvalue weighted by molar-refractivity contribution is 5.74. The maximum Gasteiger partial charge on any atom is 0.318 e. The average Bonchev–Trinajstić information content (AvgIpc) is 2.54. The molecule has 2 aromatic carbocycles. The van der Waals surface area contributed by atoms with Crippen molar-refractivity contribution < 1.29 is 14.3 Å². The van der Waals surface area contributed by atoms with Crippen molar-refractivity contribution in [2.45, 2.75) is 26.4 Å². The molecule has 4 nitrogen and oxygen atoms in total. The van der Waals surface area contributed by atoms with Crippen molar-refractivity contribution in [3.05, 3.63) is 65.5 Å². The zero-order valence-electron chi connectivity index (χ0n) is 13.3. The smallest absolute Gasteiger partial charge is 0.318 e. The fraction of sp³-hybridized carbons (Fsp3) is 0.278. The third-order valence-electron chi connectivity index (χ3n) is 3.81. The molecule has 122 valence electrons. The number of benzene rings is 2. The fourth-order valence-electron chi connectivity index (χ4n) is 2.47. The first-order valence-electron chi connectivity index (χ1n) is 7.59. The molecule has 2 rings (SSSR count). The molecule has 0 radical (unpaired) electrons. The Bertz CT molecular complexity index is 676. The second-order valence-electron chi connectivity index (χ2n) is 5.31. The lowest BCUT2D eigenvalue weighted by Crippen LogP contribution is -2.41. The van der Waals surface area contributed by atoms with Gasteiger partial charge in [0.2, 0.25) is 0 Å². The van der Waals surface area contributed by atoms with Crippen LogP contribution in [0.15, 0.2) is 48.5 Å². The minimum Gasteiger partial charge on any atom is -0.508 e. The summed E-state index contributed by atoms with van der Waals surface area (Å²) < 4.78 is 13.6. The van der Waals surface area contributed by atoms with Gasteiger partial charge in [-0.25, -0.2) is 9.18 Å². The van der Waals surface area contributed by atoms with Gasteiger partial charge in [0.1, 0.15) is 11.6 Å². The number of hydrogen-bond acceptors (Lipinski definition) is 2. The number of rotatable bonds is 5. The summed E-state index contributed by atoms with van der Waals surface area (Å²) >= 11 is 0. The van der Waals surface area contributed by atoms with Crippen molar-refractivity contribution in [2.75, 3.05) is 6.54 Å². The number of hydrogen-bond donors (Lipinski definition) is 2. The van der Waals surface area contributed by atoms with Crippen LogP contribution in [0, 0.1) is 5.82 Å². The lowest BCUT2D eigenvalue weighted by atomic mass is 10.1. The summed E-state index contributed by atoms with van der Waals surface area (Å²) in [6.07, 6.45) is 0. The molecule has 2 aromatic rings. The Labute approximate surface area is 135 Å². The van der Waals surface area contributed by atoms with Crippen molar-refractivity contribution in [1.82, 2.24) is 10.2 Å². The van der Waals surface area contributed by atoms with Crippen molar-refractivity contribution in [2.24, 2.45) is 0 Å². The third-order valence-corrected chi connectivity index (χ3v) is 3.81. The number of carbonyl (C=O) groups is 1. The van der Waals surface area contributed by atoms with Gasteiger partial charge in [0.05, 0.1) is 6.04 Å². The van der Waals surface area contributed by atoms with Crippen LogP contribution in [0.4, 0.5) is 9.18 Å². The fourth-order valence-corrected chi connectivity index (χ4v) is 2.47. The van der Waals surface area contributed by atoms with Crippen LogP contribution < -0.4 is 5.32 Å². The number of phenols is 1. The van der Waals surface area contributed by atoms with Crippen molar-refractivity contribution in [1.29, 1.82) is 0 Å². The lowest BCUT2D eigenvalue weighted by Gasteiger charge is -2.28. The van der Waals surface area contributed by atoms with E-state index in [2.05, 4.69) is 5.32 Å². The molecule has 0 spiro atoms. The highest BCUT2D eigenvalue weighted by atomic mass is 19.1. The molecule has 0 fully saturated rings. The highest BCUT2D eigenvalue weighted by Crippen LogP contribution is 2.23. The second kappa shape index (κ2) is 7.63. The summed E-state index contributed by atoms with van der Waals surface area (Å²) in [7, 11) is 0. The van der Waals surface area contributed by atoms with Crippen LogP contribution in [-0.4, -0.2) is 22.6 Å². The summed E-state index contributed by atoms with van der Waals surface area (Å²) in [5, 5.41) is 12.3. The third kappa shape index (κ3) is 4.22. The van der Waals surface area contributed by atoms with E-state index in [4.69, 9.17) is 0 Å². The summed E-state index contributed by atoms with van der Waals surface area (Å²) in [6, 6.07) is 12.7. The van der Waals surface area contributed by atoms with Gasteiger partial charge in [0, 0.05) is 18.7 Å². The summed E-state index contributed by atoms with van der Waals surface area (Å²) in [5.41, 5.74) is 1.29. The number of carbonyl (C=O) groups excluding carboxylic acids is 1. The molecule has 0 saturated heterocycles. The predicted molar refractivity (Wildman–Crippen MR) is 87.5 cm³/mol.